The summed E-state index contributed by atoms with van der Waals surface area (Å²) in [7, 11) is 0. The minimum atomic E-state index is 0.104. The van der Waals surface area contributed by atoms with Gasteiger partial charge in [0.15, 0.2) is 0 Å². The highest BCUT2D eigenvalue weighted by atomic mass is 35.5. The Morgan fingerprint density at radius 2 is 1.71 bits per heavy atom. The molecule has 0 aliphatic rings. The van der Waals surface area contributed by atoms with Gasteiger partial charge >= 0.3 is 0 Å². The van der Waals surface area contributed by atoms with Crippen molar-refractivity contribution in [3.8, 4) is 0 Å². The van der Waals surface area contributed by atoms with E-state index in [9.17, 15) is 0 Å². The Morgan fingerprint density at radius 3 is 2.14 bits per heavy atom. The van der Waals surface area contributed by atoms with Crippen molar-refractivity contribution >= 4 is 11.6 Å². The van der Waals surface area contributed by atoms with Gasteiger partial charge in [-0.2, -0.15) is 0 Å². The molecule has 14 heavy (non-hydrogen) atoms. The smallest absolute Gasteiger partial charge is 0.0406 e. The van der Waals surface area contributed by atoms with Gasteiger partial charge in [0.05, 0.1) is 0 Å². The second kappa shape index (κ2) is 4.33. The fourth-order valence-electron chi connectivity index (χ4n) is 1.49. The molecule has 0 radical (unpaired) electrons. The molecule has 0 aliphatic carbocycles. The molecule has 1 aromatic carbocycles. The lowest BCUT2D eigenvalue weighted by Gasteiger charge is -2.23. The van der Waals surface area contributed by atoms with Crippen LogP contribution >= 0.6 is 11.6 Å². The van der Waals surface area contributed by atoms with Gasteiger partial charge in [-0.15, -0.1) is 0 Å². The molecule has 0 bridgehead atoms. The molecule has 1 aromatic rings. The van der Waals surface area contributed by atoms with Crippen LogP contribution in [0, 0.1) is 5.41 Å². The molecule has 0 amide bonds. The normalized spacial score (nSPS) is 14.1. The van der Waals surface area contributed by atoms with E-state index in [1.807, 2.05) is 24.3 Å². The molecule has 2 N–H and O–H groups in total. The molecule has 2 heteroatoms. The topological polar surface area (TPSA) is 26.0 Å². The van der Waals surface area contributed by atoms with Crippen molar-refractivity contribution in [1.82, 2.24) is 0 Å². The first kappa shape index (κ1) is 11.5. The van der Waals surface area contributed by atoms with Crippen LogP contribution in [-0.4, -0.2) is 0 Å². The quantitative estimate of drug-likeness (QED) is 0.792. The van der Waals surface area contributed by atoms with Crippen LogP contribution in [0.4, 0.5) is 0 Å². The molecule has 1 rings (SSSR count). The molecule has 0 heterocycles. The van der Waals surface area contributed by atoms with Crippen LogP contribution in [0.1, 0.15) is 38.8 Å². The highest BCUT2D eigenvalue weighted by molar-refractivity contribution is 6.30. The van der Waals surface area contributed by atoms with Crippen LogP contribution in [0.15, 0.2) is 24.3 Å². The van der Waals surface area contributed by atoms with Crippen molar-refractivity contribution in [1.29, 1.82) is 0 Å². The van der Waals surface area contributed by atoms with E-state index in [-0.39, 0.29) is 11.5 Å². The Kier molecular flexibility index (Phi) is 3.57. The van der Waals surface area contributed by atoms with Gasteiger partial charge in [0.2, 0.25) is 0 Å². The number of nitrogens with two attached hydrogens (primary N) is 1. The van der Waals surface area contributed by atoms with E-state index in [0.717, 1.165) is 17.0 Å². The van der Waals surface area contributed by atoms with Gasteiger partial charge in [-0.3, -0.25) is 0 Å². The first-order valence-corrected chi connectivity index (χ1v) is 5.27. The highest BCUT2D eigenvalue weighted by Crippen LogP contribution is 2.28. The van der Waals surface area contributed by atoms with Crippen molar-refractivity contribution in [3.05, 3.63) is 34.9 Å². The first-order chi connectivity index (χ1) is 6.38. The Labute approximate surface area is 91.3 Å². The molecule has 0 aliphatic heterocycles. The van der Waals surface area contributed by atoms with Gasteiger partial charge < -0.3 is 5.73 Å². The van der Waals surface area contributed by atoms with Crippen molar-refractivity contribution in [2.75, 3.05) is 0 Å². The molecule has 0 saturated heterocycles. The maximum atomic E-state index is 6.09. The third kappa shape index (κ3) is 3.69. The fourth-order valence-corrected chi connectivity index (χ4v) is 1.61. The summed E-state index contributed by atoms with van der Waals surface area (Å²) in [5.41, 5.74) is 7.51. The molecule has 1 nitrogen and oxygen atoms in total. The second-order valence-electron chi connectivity index (χ2n) is 4.92. The Morgan fingerprint density at radius 1 is 1.21 bits per heavy atom. The van der Waals surface area contributed by atoms with Crippen molar-refractivity contribution in [2.24, 2.45) is 11.1 Å². The lowest BCUT2D eigenvalue weighted by Crippen LogP contribution is -2.18. The molecule has 0 aromatic heterocycles. The molecule has 1 atom stereocenters. The number of benzene rings is 1. The number of halogens is 1. The predicted octanol–water partition coefficient (Wildman–Crippen LogP) is 3.78. The van der Waals surface area contributed by atoms with Gasteiger partial charge in [0.1, 0.15) is 0 Å². The summed E-state index contributed by atoms with van der Waals surface area (Å²) in [4.78, 5) is 0. The average molecular weight is 212 g/mol. The van der Waals surface area contributed by atoms with Gasteiger partial charge in [-0.1, -0.05) is 44.5 Å². The van der Waals surface area contributed by atoms with Gasteiger partial charge in [0.25, 0.3) is 0 Å². The van der Waals surface area contributed by atoms with Gasteiger partial charge in [0, 0.05) is 11.1 Å². The maximum absolute atomic E-state index is 6.09. The summed E-state index contributed by atoms with van der Waals surface area (Å²) in [6.07, 6.45) is 0.981. The second-order valence-corrected chi connectivity index (χ2v) is 5.36. The zero-order valence-electron chi connectivity index (χ0n) is 9.05. The third-order valence-electron chi connectivity index (χ3n) is 2.13. The largest absolute Gasteiger partial charge is 0.324 e. The van der Waals surface area contributed by atoms with E-state index in [4.69, 9.17) is 17.3 Å². The summed E-state index contributed by atoms with van der Waals surface area (Å²) >= 11 is 5.81. The lowest BCUT2D eigenvalue weighted by molar-refractivity contribution is 0.343. The zero-order valence-corrected chi connectivity index (χ0v) is 9.81. The number of hydrogen-bond acceptors (Lipinski definition) is 1. The molecular formula is C12H18ClN. The van der Waals surface area contributed by atoms with Crippen LogP contribution in [0.5, 0.6) is 0 Å². The summed E-state index contributed by atoms with van der Waals surface area (Å²) in [6.45, 7) is 6.59. The van der Waals surface area contributed by atoms with Crippen molar-refractivity contribution in [2.45, 2.75) is 33.2 Å². The molecule has 0 saturated carbocycles. The standard InChI is InChI=1S/C12H18ClN/c1-12(2,3)8-11(14)9-4-6-10(13)7-5-9/h4-7,11H,8,14H2,1-3H3/t11-/m0/s1. The fraction of sp³-hybridized carbons (Fsp3) is 0.500. The highest BCUT2D eigenvalue weighted by Gasteiger charge is 2.16. The van der Waals surface area contributed by atoms with E-state index < -0.39 is 0 Å². The molecule has 0 unspecified atom stereocenters. The lowest BCUT2D eigenvalue weighted by atomic mass is 9.86. The summed E-state index contributed by atoms with van der Waals surface area (Å²) in [6, 6.07) is 7.88. The number of rotatable bonds is 2. The number of hydrogen-bond donors (Lipinski definition) is 1. The predicted molar refractivity (Wildman–Crippen MR) is 62.5 cm³/mol. The zero-order chi connectivity index (χ0) is 10.8. The van der Waals surface area contributed by atoms with Crippen molar-refractivity contribution in [3.63, 3.8) is 0 Å². The van der Waals surface area contributed by atoms with E-state index in [1.54, 1.807) is 0 Å². The van der Waals surface area contributed by atoms with Crippen LogP contribution in [0.25, 0.3) is 0 Å². The minimum absolute atomic E-state index is 0.104. The summed E-state index contributed by atoms with van der Waals surface area (Å²) < 4.78 is 0. The van der Waals surface area contributed by atoms with Crippen LogP contribution in [0.3, 0.4) is 0 Å². The van der Waals surface area contributed by atoms with E-state index in [0.29, 0.717) is 0 Å². The van der Waals surface area contributed by atoms with E-state index >= 15 is 0 Å². The average Bonchev–Trinajstić information content (AvgIpc) is 2.02. The monoisotopic (exact) mass is 211 g/mol. The van der Waals surface area contributed by atoms with Gasteiger partial charge in [-0.25, -0.2) is 0 Å². The Balaban J connectivity index is 2.70. The molecular weight excluding hydrogens is 194 g/mol. The minimum Gasteiger partial charge on any atom is -0.324 e. The maximum Gasteiger partial charge on any atom is 0.0406 e. The molecule has 78 valence electrons. The van der Waals surface area contributed by atoms with Crippen LogP contribution in [-0.2, 0) is 0 Å². The molecule has 0 spiro atoms. The summed E-state index contributed by atoms with van der Waals surface area (Å²) in [5, 5.41) is 0.761. The molecule has 0 fully saturated rings. The van der Waals surface area contributed by atoms with E-state index in [1.165, 1.54) is 0 Å². The van der Waals surface area contributed by atoms with Crippen LogP contribution in [0.2, 0.25) is 5.02 Å². The Hall–Kier alpha value is -0.530. The van der Waals surface area contributed by atoms with E-state index in [2.05, 4.69) is 20.8 Å². The third-order valence-corrected chi connectivity index (χ3v) is 2.38. The van der Waals surface area contributed by atoms with Crippen molar-refractivity contribution < 1.29 is 0 Å². The SMILES string of the molecule is CC(C)(C)C[C@H](N)c1ccc(Cl)cc1. The van der Waals surface area contributed by atoms with Crippen LogP contribution < -0.4 is 5.73 Å². The first-order valence-electron chi connectivity index (χ1n) is 4.89. The Bertz CT molecular complexity index is 284. The summed E-state index contributed by atoms with van der Waals surface area (Å²) in [5.74, 6) is 0. The van der Waals surface area contributed by atoms with Gasteiger partial charge in [-0.05, 0) is 29.5 Å².